The highest BCUT2D eigenvalue weighted by atomic mass is 16.5. The highest BCUT2D eigenvalue weighted by Gasteiger charge is 2.05. The van der Waals surface area contributed by atoms with Crippen LogP contribution in [0.15, 0.2) is 47.7 Å². The van der Waals surface area contributed by atoms with E-state index >= 15 is 0 Å². The van der Waals surface area contributed by atoms with Gasteiger partial charge in [0.25, 0.3) is 0 Å². The fourth-order valence-corrected chi connectivity index (χ4v) is 2.44. The number of nitrogens with one attached hydrogen (secondary N) is 2. The van der Waals surface area contributed by atoms with E-state index in [1.807, 2.05) is 42.7 Å². The van der Waals surface area contributed by atoms with Crippen LogP contribution in [-0.4, -0.2) is 35.7 Å². The Balaban J connectivity index is 1.66. The van der Waals surface area contributed by atoms with Gasteiger partial charge >= 0.3 is 0 Å². The molecule has 1 aromatic carbocycles. The van der Waals surface area contributed by atoms with Gasteiger partial charge in [-0.25, -0.2) is 4.98 Å². The lowest BCUT2D eigenvalue weighted by molar-refractivity contribution is 0.311. The minimum Gasteiger partial charge on any atom is -0.494 e. The lowest BCUT2D eigenvalue weighted by Gasteiger charge is -2.14. The number of guanidine groups is 1. The topological polar surface area (TPSA) is 63.5 Å². The Morgan fingerprint density at radius 1 is 1.24 bits per heavy atom. The minimum atomic E-state index is 0.593. The van der Waals surface area contributed by atoms with Gasteiger partial charge in [-0.05, 0) is 24.5 Å². The summed E-state index contributed by atoms with van der Waals surface area (Å²) in [5.41, 5.74) is 0. The molecule has 0 atom stereocenters. The highest BCUT2D eigenvalue weighted by Crippen LogP contribution is 2.08. The molecular weight excluding hydrogens is 314 g/mol. The quantitative estimate of drug-likeness (QED) is 0.417. The maximum absolute atomic E-state index is 5.68. The summed E-state index contributed by atoms with van der Waals surface area (Å²) in [6, 6.07) is 9.86. The number of imidazole rings is 1. The number of ether oxygens (including phenoxy) is 1. The second-order valence-corrected chi connectivity index (χ2v) is 6.26. The van der Waals surface area contributed by atoms with Crippen LogP contribution in [0.3, 0.4) is 0 Å². The van der Waals surface area contributed by atoms with Gasteiger partial charge in [0, 0.05) is 32.5 Å². The zero-order valence-corrected chi connectivity index (χ0v) is 15.4. The summed E-state index contributed by atoms with van der Waals surface area (Å²) in [7, 11) is 1.77. The molecule has 0 spiro atoms. The van der Waals surface area contributed by atoms with E-state index in [9.17, 15) is 0 Å². The third-order valence-corrected chi connectivity index (χ3v) is 3.63. The number of hydrogen-bond donors (Lipinski definition) is 2. The summed E-state index contributed by atoms with van der Waals surface area (Å²) in [6.07, 6.45) is 4.77. The molecule has 0 saturated carbocycles. The molecule has 0 bridgehead atoms. The SMILES string of the molecule is CN=C(NCCCOc1ccccc1)NCc1nccn1CC(C)C. The first-order chi connectivity index (χ1) is 12.2. The number of rotatable bonds is 9. The van der Waals surface area contributed by atoms with Crippen molar-refractivity contribution in [3.63, 3.8) is 0 Å². The summed E-state index contributed by atoms with van der Waals surface area (Å²) in [6.45, 7) is 7.50. The largest absolute Gasteiger partial charge is 0.494 e. The van der Waals surface area contributed by atoms with Gasteiger partial charge in [0.05, 0.1) is 13.2 Å². The van der Waals surface area contributed by atoms with Crippen LogP contribution >= 0.6 is 0 Å². The van der Waals surface area contributed by atoms with Crippen molar-refractivity contribution in [3.8, 4) is 5.75 Å². The van der Waals surface area contributed by atoms with Gasteiger partial charge in [-0.3, -0.25) is 4.99 Å². The van der Waals surface area contributed by atoms with E-state index in [-0.39, 0.29) is 0 Å². The molecule has 25 heavy (non-hydrogen) atoms. The van der Waals surface area contributed by atoms with Crippen LogP contribution in [0, 0.1) is 5.92 Å². The van der Waals surface area contributed by atoms with Gasteiger partial charge in [0.1, 0.15) is 11.6 Å². The maximum atomic E-state index is 5.68. The molecule has 1 heterocycles. The Bertz CT molecular complexity index is 636. The van der Waals surface area contributed by atoms with E-state index in [1.165, 1.54) is 0 Å². The average molecular weight is 343 g/mol. The molecule has 2 aromatic rings. The van der Waals surface area contributed by atoms with Crippen LogP contribution in [0.4, 0.5) is 0 Å². The minimum absolute atomic E-state index is 0.593. The van der Waals surface area contributed by atoms with Gasteiger partial charge in [0.15, 0.2) is 5.96 Å². The molecule has 2 N–H and O–H groups in total. The van der Waals surface area contributed by atoms with E-state index in [1.54, 1.807) is 7.05 Å². The second-order valence-electron chi connectivity index (χ2n) is 6.26. The Morgan fingerprint density at radius 3 is 2.76 bits per heavy atom. The van der Waals surface area contributed by atoms with Crippen molar-refractivity contribution in [1.82, 2.24) is 20.2 Å². The monoisotopic (exact) mass is 343 g/mol. The number of benzene rings is 1. The van der Waals surface area contributed by atoms with Crippen LogP contribution < -0.4 is 15.4 Å². The fraction of sp³-hybridized carbons (Fsp3) is 0.474. The third kappa shape index (κ3) is 6.87. The number of nitrogens with zero attached hydrogens (tertiary/aromatic N) is 3. The molecule has 0 aliphatic carbocycles. The Labute approximate surface area is 150 Å². The van der Waals surface area contributed by atoms with Crippen molar-refractivity contribution in [3.05, 3.63) is 48.5 Å². The summed E-state index contributed by atoms with van der Waals surface area (Å²) in [4.78, 5) is 8.67. The first-order valence-corrected chi connectivity index (χ1v) is 8.81. The number of aliphatic imine (C=N–C) groups is 1. The van der Waals surface area contributed by atoms with Crippen molar-refractivity contribution < 1.29 is 4.74 Å². The summed E-state index contributed by atoms with van der Waals surface area (Å²) in [5, 5.41) is 6.61. The Kier molecular flexibility index (Phi) is 7.82. The standard InChI is InChI=1S/C19H29N5O/c1-16(2)15-24-12-11-21-18(24)14-23-19(20-3)22-10-7-13-25-17-8-5-4-6-9-17/h4-6,8-9,11-12,16H,7,10,13-15H2,1-3H3,(H2,20,22,23). The lowest BCUT2D eigenvalue weighted by atomic mass is 10.2. The molecule has 6 heteroatoms. The van der Waals surface area contributed by atoms with E-state index in [2.05, 4.69) is 39.0 Å². The van der Waals surface area contributed by atoms with Crippen molar-refractivity contribution in [2.75, 3.05) is 20.2 Å². The molecule has 2 rings (SSSR count). The highest BCUT2D eigenvalue weighted by molar-refractivity contribution is 5.79. The predicted octanol–water partition coefficient (Wildman–Crippen LogP) is 2.67. The van der Waals surface area contributed by atoms with Crippen molar-refractivity contribution in [2.24, 2.45) is 10.9 Å². The molecule has 0 radical (unpaired) electrons. The Morgan fingerprint density at radius 2 is 2.04 bits per heavy atom. The maximum Gasteiger partial charge on any atom is 0.191 e. The molecule has 1 aromatic heterocycles. The van der Waals surface area contributed by atoms with Gasteiger partial charge in [-0.2, -0.15) is 0 Å². The van der Waals surface area contributed by atoms with Crippen LogP contribution in [0.5, 0.6) is 5.75 Å². The third-order valence-electron chi connectivity index (χ3n) is 3.63. The van der Waals surface area contributed by atoms with E-state index in [0.717, 1.165) is 37.0 Å². The van der Waals surface area contributed by atoms with Crippen LogP contribution in [0.1, 0.15) is 26.1 Å². The van der Waals surface area contributed by atoms with E-state index in [4.69, 9.17) is 4.74 Å². The molecule has 0 saturated heterocycles. The first-order valence-electron chi connectivity index (χ1n) is 8.81. The van der Waals surface area contributed by atoms with Gasteiger partial charge in [-0.1, -0.05) is 32.0 Å². The van der Waals surface area contributed by atoms with Gasteiger partial charge in [-0.15, -0.1) is 0 Å². The average Bonchev–Trinajstić information content (AvgIpc) is 3.04. The molecular formula is C19H29N5O. The number of para-hydroxylation sites is 1. The number of hydrogen-bond acceptors (Lipinski definition) is 3. The van der Waals surface area contributed by atoms with E-state index in [0.29, 0.717) is 19.1 Å². The Hall–Kier alpha value is -2.50. The molecule has 0 fully saturated rings. The molecule has 0 amide bonds. The molecule has 0 unspecified atom stereocenters. The molecule has 0 aliphatic heterocycles. The second kappa shape index (κ2) is 10.4. The van der Waals surface area contributed by atoms with Gasteiger partial charge < -0.3 is 19.9 Å². The van der Waals surface area contributed by atoms with Crippen LogP contribution in [0.2, 0.25) is 0 Å². The van der Waals surface area contributed by atoms with Crippen molar-refractivity contribution in [1.29, 1.82) is 0 Å². The zero-order valence-electron chi connectivity index (χ0n) is 15.4. The molecule has 6 nitrogen and oxygen atoms in total. The van der Waals surface area contributed by atoms with Crippen molar-refractivity contribution >= 4 is 5.96 Å². The summed E-state index contributed by atoms with van der Waals surface area (Å²) < 4.78 is 7.86. The molecule has 0 aliphatic rings. The normalized spacial score (nSPS) is 11.6. The smallest absolute Gasteiger partial charge is 0.191 e. The van der Waals surface area contributed by atoms with Gasteiger partial charge in [0.2, 0.25) is 0 Å². The zero-order chi connectivity index (χ0) is 17.9. The predicted molar refractivity (Wildman–Crippen MR) is 102 cm³/mol. The first kappa shape index (κ1) is 18.8. The van der Waals surface area contributed by atoms with Crippen molar-refractivity contribution in [2.45, 2.75) is 33.4 Å². The summed E-state index contributed by atoms with van der Waals surface area (Å²) >= 11 is 0. The van der Waals surface area contributed by atoms with E-state index < -0.39 is 0 Å². The molecule has 136 valence electrons. The van der Waals surface area contributed by atoms with Crippen LogP contribution in [-0.2, 0) is 13.1 Å². The summed E-state index contributed by atoms with van der Waals surface area (Å²) in [5.74, 6) is 3.29. The van der Waals surface area contributed by atoms with Crippen LogP contribution in [0.25, 0.3) is 0 Å². The fourth-order valence-electron chi connectivity index (χ4n) is 2.44. The lowest BCUT2D eigenvalue weighted by Crippen LogP contribution is -2.38. The number of aromatic nitrogens is 2.